The summed E-state index contributed by atoms with van der Waals surface area (Å²) in [4.78, 5) is 12.6. The number of carbonyl (C=O) groups is 1. The number of amides is 1. The molecule has 0 aliphatic carbocycles. The topological polar surface area (TPSA) is 92.5 Å². The van der Waals surface area contributed by atoms with Gasteiger partial charge in [0.15, 0.2) is 0 Å². The molecule has 1 saturated heterocycles. The fourth-order valence-electron chi connectivity index (χ4n) is 2.39. The number of rotatable bonds is 6. The summed E-state index contributed by atoms with van der Waals surface area (Å²) in [6.07, 6.45) is 3.55. The third kappa shape index (κ3) is 4.76. The smallest absolute Gasteiger partial charge is 0.252 e. The zero-order chi connectivity index (χ0) is 17.1. The summed E-state index contributed by atoms with van der Waals surface area (Å²) >= 11 is 1.28. The molecule has 0 unspecified atom stereocenters. The molecule has 1 amide bonds. The van der Waals surface area contributed by atoms with Gasteiger partial charge in [-0.15, -0.1) is 11.3 Å². The molecule has 0 spiro atoms. The summed E-state index contributed by atoms with van der Waals surface area (Å²) in [5, 5.41) is 2.77. The third-order valence-electron chi connectivity index (χ3n) is 3.79. The van der Waals surface area contributed by atoms with Crippen molar-refractivity contribution in [3.05, 3.63) is 17.0 Å². The maximum atomic E-state index is 12.6. The highest BCUT2D eigenvalue weighted by Gasteiger charge is 2.27. The van der Waals surface area contributed by atoms with Crippen LogP contribution in [-0.4, -0.2) is 43.8 Å². The Morgan fingerprint density at radius 2 is 1.96 bits per heavy atom. The molecule has 1 aromatic rings. The number of sulfonamides is 1. The number of hydrogen-bond acceptors (Lipinski definition) is 5. The van der Waals surface area contributed by atoms with E-state index in [1.807, 2.05) is 6.07 Å². The van der Waals surface area contributed by atoms with E-state index >= 15 is 0 Å². The lowest BCUT2D eigenvalue weighted by Crippen LogP contribution is -2.49. The highest BCUT2D eigenvalue weighted by molar-refractivity contribution is 7.91. The van der Waals surface area contributed by atoms with Crippen LogP contribution in [0.3, 0.4) is 0 Å². The zero-order valence-electron chi connectivity index (χ0n) is 13.7. The summed E-state index contributed by atoms with van der Waals surface area (Å²) < 4.78 is 27.1. The molecule has 130 valence electrons. The van der Waals surface area contributed by atoms with Crippen molar-refractivity contribution in [3.63, 3.8) is 0 Å². The van der Waals surface area contributed by atoms with Gasteiger partial charge in [0.05, 0.1) is 5.54 Å². The number of piperidine rings is 1. The van der Waals surface area contributed by atoms with Gasteiger partial charge in [-0.1, -0.05) is 6.42 Å². The van der Waals surface area contributed by atoms with E-state index in [1.54, 1.807) is 24.2 Å². The molecule has 8 heteroatoms. The largest absolute Gasteiger partial charge is 0.354 e. The zero-order valence-corrected chi connectivity index (χ0v) is 15.3. The lowest BCUT2D eigenvalue weighted by atomic mass is 10.1. The molecule has 1 aromatic heterocycles. The highest BCUT2D eigenvalue weighted by Crippen LogP contribution is 2.27. The number of thiophene rings is 1. The average molecular weight is 360 g/mol. The van der Waals surface area contributed by atoms with Gasteiger partial charge in [0.2, 0.25) is 5.91 Å². The van der Waals surface area contributed by atoms with Crippen LogP contribution < -0.4 is 11.1 Å². The number of carbonyl (C=O) groups excluding carboxylic acids is 1. The first kappa shape index (κ1) is 18.4. The lowest BCUT2D eigenvalue weighted by Gasteiger charge is -2.25. The summed E-state index contributed by atoms with van der Waals surface area (Å²) in [5.74, 6) is -0.213. The lowest BCUT2D eigenvalue weighted by molar-refractivity contribution is -0.125. The molecule has 23 heavy (non-hydrogen) atoms. The van der Waals surface area contributed by atoms with Crippen LogP contribution in [0.1, 0.15) is 38.0 Å². The molecule has 0 radical (unpaired) electrons. The van der Waals surface area contributed by atoms with Crippen LogP contribution in [0.2, 0.25) is 0 Å². The van der Waals surface area contributed by atoms with Crippen LogP contribution >= 0.6 is 11.3 Å². The van der Waals surface area contributed by atoms with E-state index in [-0.39, 0.29) is 5.91 Å². The second-order valence-electron chi connectivity index (χ2n) is 6.41. The van der Waals surface area contributed by atoms with Crippen LogP contribution in [0.5, 0.6) is 0 Å². The summed E-state index contributed by atoms with van der Waals surface area (Å²) in [6.45, 7) is 4.96. The van der Waals surface area contributed by atoms with E-state index in [0.717, 1.165) is 24.1 Å². The SMILES string of the molecule is CC(C)(N)C(=O)NCCc1ccc(S(=O)(=O)N2CCCCC2)s1. The molecule has 1 aliphatic heterocycles. The molecule has 2 heterocycles. The fraction of sp³-hybridized carbons (Fsp3) is 0.667. The van der Waals surface area contributed by atoms with Gasteiger partial charge in [-0.2, -0.15) is 4.31 Å². The first-order chi connectivity index (χ1) is 10.7. The van der Waals surface area contributed by atoms with Crippen molar-refractivity contribution in [2.75, 3.05) is 19.6 Å². The van der Waals surface area contributed by atoms with Crippen molar-refractivity contribution >= 4 is 27.3 Å². The van der Waals surface area contributed by atoms with Crippen LogP contribution in [0, 0.1) is 0 Å². The minimum absolute atomic E-state index is 0.213. The number of nitrogens with zero attached hydrogens (tertiary/aromatic N) is 1. The van der Waals surface area contributed by atoms with E-state index in [0.29, 0.717) is 30.3 Å². The van der Waals surface area contributed by atoms with E-state index < -0.39 is 15.6 Å². The summed E-state index contributed by atoms with van der Waals surface area (Å²) in [5.41, 5.74) is 4.80. The van der Waals surface area contributed by atoms with Gasteiger partial charge in [0, 0.05) is 24.5 Å². The summed E-state index contributed by atoms with van der Waals surface area (Å²) in [6, 6.07) is 3.49. The van der Waals surface area contributed by atoms with Gasteiger partial charge < -0.3 is 11.1 Å². The predicted molar refractivity (Wildman–Crippen MR) is 91.9 cm³/mol. The van der Waals surface area contributed by atoms with Crippen molar-refractivity contribution in [2.24, 2.45) is 5.73 Å². The molecule has 1 fully saturated rings. The predicted octanol–water partition coefficient (Wildman–Crippen LogP) is 1.32. The van der Waals surface area contributed by atoms with E-state index in [4.69, 9.17) is 5.73 Å². The molecule has 1 aliphatic rings. The van der Waals surface area contributed by atoms with E-state index in [9.17, 15) is 13.2 Å². The second kappa shape index (κ2) is 7.29. The van der Waals surface area contributed by atoms with Gasteiger partial charge in [0.25, 0.3) is 10.0 Å². The molecule has 0 aromatic carbocycles. The Bertz CT molecular complexity index is 641. The number of nitrogens with one attached hydrogen (secondary N) is 1. The molecule has 0 atom stereocenters. The van der Waals surface area contributed by atoms with Crippen molar-refractivity contribution in [1.82, 2.24) is 9.62 Å². The van der Waals surface area contributed by atoms with Gasteiger partial charge >= 0.3 is 0 Å². The monoisotopic (exact) mass is 359 g/mol. The van der Waals surface area contributed by atoms with Crippen molar-refractivity contribution < 1.29 is 13.2 Å². The highest BCUT2D eigenvalue weighted by atomic mass is 32.2. The first-order valence-electron chi connectivity index (χ1n) is 7.87. The quantitative estimate of drug-likeness (QED) is 0.801. The van der Waals surface area contributed by atoms with Crippen LogP contribution in [0.4, 0.5) is 0 Å². The van der Waals surface area contributed by atoms with Gasteiger partial charge in [0.1, 0.15) is 4.21 Å². The molecule has 6 nitrogen and oxygen atoms in total. The Labute approximate surface area is 142 Å². The van der Waals surface area contributed by atoms with Crippen LogP contribution in [-0.2, 0) is 21.2 Å². The van der Waals surface area contributed by atoms with E-state index in [2.05, 4.69) is 5.32 Å². The Hall–Kier alpha value is -0.960. The molecular weight excluding hydrogens is 334 g/mol. The van der Waals surface area contributed by atoms with Gasteiger partial charge in [-0.05, 0) is 45.2 Å². The van der Waals surface area contributed by atoms with Crippen molar-refractivity contribution in [2.45, 2.75) is 49.3 Å². The maximum Gasteiger partial charge on any atom is 0.252 e. The van der Waals surface area contributed by atoms with Crippen LogP contribution in [0.15, 0.2) is 16.3 Å². The molecule has 3 N–H and O–H groups in total. The number of hydrogen-bond donors (Lipinski definition) is 2. The average Bonchev–Trinajstić information content (AvgIpc) is 2.96. The Balaban J connectivity index is 1.94. The van der Waals surface area contributed by atoms with E-state index in [1.165, 1.54) is 11.3 Å². The first-order valence-corrected chi connectivity index (χ1v) is 10.1. The second-order valence-corrected chi connectivity index (χ2v) is 9.75. The number of nitrogens with two attached hydrogens (primary N) is 1. The molecule has 0 bridgehead atoms. The van der Waals surface area contributed by atoms with Gasteiger partial charge in [-0.3, -0.25) is 4.79 Å². The fourth-order valence-corrected chi connectivity index (χ4v) is 5.42. The van der Waals surface area contributed by atoms with Gasteiger partial charge in [-0.25, -0.2) is 8.42 Å². The molecule has 2 rings (SSSR count). The van der Waals surface area contributed by atoms with Crippen molar-refractivity contribution in [3.8, 4) is 0 Å². The Morgan fingerprint density at radius 1 is 1.30 bits per heavy atom. The summed E-state index contributed by atoms with van der Waals surface area (Å²) in [7, 11) is -3.36. The molecular formula is C15H25N3O3S2. The minimum Gasteiger partial charge on any atom is -0.354 e. The normalized spacial score (nSPS) is 17.2. The molecule has 0 saturated carbocycles. The minimum atomic E-state index is -3.36. The standard InChI is InChI=1S/C15H25N3O3S2/c1-15(2,16)14(19)17-9-8-12-6-7-13(22-12)23(20,21)18-10-4-3-5-11-18/h6-7H,3-5,8-11,16H2,1-2H3,(H,17,19). The Kier molecular flexibility index (Phi) is 5.83. The maximum absolute atomic E-state index is 12.6. The van der Waals surface area contributed by atoms with Crippen molar-refractivity contribution in [1.29, 1.82) is 0 Å². The Morgan fingerprint density at radius 3 is 2.57 bits per heavy atom. The van der Waals surface area contributed by atoms with Crippen LogP contribution in [0.25, 0.3) is 0 Å². The third-order valence-corrected chi connectivity index (χ3v) is 7.30.